The molecule has 2 aliphatic heterocycles. The van der Waals surface area contributed by atoms with E-state index in [1.165, 1.54) is 42.3 Å². The molecule has 0 bridgehead atoms. The molecule has 0 saturated carbocycles. The van der Waals surface area contributed by atoms with Crippen LogP contribution in [0.4, 0.5) is 5.95 Å². The Morgan fingerprint density at radius 1 is 1.14 bits per heavy atom. The smallest absolute Gasteiger partial charge is 0.228 e. The van der Waals surface area contributed by atoms with Crippen LogP contribution < -0.4 is 9.64 Å². The Labute approximate surface area is 171 Å². The van der Waals surface area contributed by atoms with E-state index in [0.29, 0.717) is 11.3 Å². The fourth-order valence-electron chi connectivity index (χ4n) is 5.16. The van der Waals surface area contributed by atoms with Crippen molar-refractivity contribution < 1.29 is 4.74 Å². The Morgan fingerprint density at radius 3 is 2.93 bits per heavy atom. The molecule has 2 aliphatic rings. The highest BCUT2D eigenvalue weighted by Crippen LogP contribution is 2.40. The van der Waals surface area contributed by atoms with E-state index in [4.69, 9.17) is 4.74 Å². The van der Waals surface area contributed by atoms with Crippen LogP contribution in [0.5, 0.6) is 5.88 Å². The maximum atomic E-state index is 5.35. The average molecular weight is 392 g/mol. The number of benzene rings is 1. The zero-order valence-electron chi connectivity index (χ0n) is 17.3. The van der Waals surface area contributed by atoms with Gasteiger partial charge in [-0.2, -0.15) is 4.98 Å². The summed E-state index contributed by atoms with van der Waals surface area (Å²) >= 11 is 0. The van der Waals surface area contributed by atoms with Crippen molar-refractivity contribution in [2.45, 2.75) is 32.7 Å². The first-order valence-corrected chi connectivity index (χ1v) is 10.6. The summed E-state index contributed by atoms with van der Waals surface area (Å²) in [7, 11) is 1.67. The average Bonchev–Trinajstić information content (AvgIpc) is 3.32. The van der Waals surface area contributed by atoms with Crippen LogP contribution in [0.2, 0.25) is 0 Å². The molecule has 6 heteroatoms. The minimum absolute atomic E-state index is 0.338. The highest BCUT2D eigenvalue weighted by Gasteiger charge is 2.42. The first-order valence-electron chi connectivity index (χ1n) is 10.6. The number of anilines is 1. The van der Waals surface area contributed by atoms with Crippen molar-refractivity contribution in [3.63, 3.8) is 0 Å². The lowest BCUT2D eigenvalue weighted by molar-refractivity contribution is 0.0994. The molecule has 29 heavy (non-hydrogen) atoms. The Bertz CT molecular complexity index is 1020. The van der Waals surface area contributed by atoms with E-state index in [2.05, 4.69) is 55.2 Å². The SMILES string of the molecule is COc1cc(C)nc(N2CC[C@]3(CCCN(Cc4c[nH]c5ccccc45)C3)C2)n1. The number of H-pyrrole nitrogens is 1. The van der Waals surface area contributed by atoms with Gasteiger partial charge in [-0.25, -0.2) is 4.98 Å². The maximum absolute atomic E-state index is 5.35. The van der Waals surface area contributed by atoms with Crippen LogP contribution >= 0.6 is 0 Å². The number of aromatic amines is 1. The molecule has 0 amide bonds. The molecule has 2 aromatic heterocycles. The highest BCUT2D eigenvalue weighted by molar-refractivity contribution is 5.82. The summed E-state index contributed by atoms with van der Waals surface area (Å²) < 4.78 is 5.35. The van der Waals surface area contributed by atoms with Crippen molar-refractivity contribution in [3.8, 4) is 5.88 Å². The van der Waals surface area contributed by atoms with Crippen molar-refractivity contribution in [1.29, 1.82) is 0 Å². The molecule has 0 aliphatic carbocycles. The van der Waals surface area contributed by atoms with Gasteiger partial charge in [0.1, 0.15) is 0 Å². The highest BCUT2D eigenvalue weighted by atomic mass is 16.5. The van der Waals surface area contributed by atoms with Crippen LogP contribution in [0.1, 0.15) is 30.5 Å². The van der Waals surface area contributed by atoms with E-state index in [9.17, 15) is 0 Å². The fourth-order valence-corrected chi connectivity index (χ4v) is 5.16. The number of aryl methyl sites for hydroxylation is 1. The number of piperidine rings is 1. The molecule has 6 nitrogen and oxygen atoms in total. The van der Waals surface area contributed by atoms with Gasteiger partial charge >= 0.3 is 0 Å². The number of hydrogen-bond acceptors (Lipinski definition) is 5. The van der Waals surface area contributed by atoms with Crippen LogP contribution in [0.15, 0.2) is 36.5 Å². The monoisotopic (exact) mass is 391 g/mol. The lowest BCUT2D eigenvalue weighted by atomic mass is 9.79. The summed E-state index contributed by atoms with van der Waals surface area (Å²) in [5.74, 6) is 1.46. The molecule has 152 valence electrons. The van der Waals surface area contributed by atoms with E-state index in [1.54, 1.807) is 7.11 Å². The molecule has 3 aromatic rings. The van der Waals surface area contributed by atoms with Crippen molar-refractivity contribution >= 4 is 16.9 Å². The maximum Gasteiger partial charge on any atom is 0.228 e. The number of rotatable bonds is 4. The predicted molar refractivity (Wildman–Crippen MR) is 115 cm³/mol. The number of fused-ring (bicyclic) bond motifs is 1. The van der Waals surface area contributed by atoms with E-state index < -0.39 is 0 Å². The van der Waals surface area contributed by atoms with E-state index in [-0.39, 0.29) is 0 Å². The third-order valence-electron chi connectivity index (χ3n) is 6.56. The molecule has 1 atom stereocenters. The van der Waals surface area contributed by atoms with Gasteiger partial charge in [0.25, 0.3) is 0 Å². The number of aromatic nitrogens is 3. The largest absolute Gasteiger partial charge is 0.481 e. The zero-order chi connectivity index (χ0) is 19.8. The van der Waals surface area contributed by atoms with E-state index in [1.807, 2.05) is 13.0 Å². The quantitative estimate of drug-likeness (QED) is 0.734. The fraction of sp³-hybridized carbons (Fsp3) is 0.478. The molecule has 2 saturated heterocycles. The minimum atomic E-state index is 0.338. The van der Waals surface area contributed by atoms with Gasteiger partial charge in [-0.15, -0.1) is 0 Å². The number of likely N-dealkylation sites (tertiary alicyclic amines) is 1. The van der Waals surface area contributed by atoms with Gasteiger partial charge in [0, 0.05) is 60.5 Å². The van der Waals surface area contributed by atoms with Crippen LogP contribution in [0.3, 0.4) is 0 Å². The second-order valence-corrected chi connectivity index (χ2v) is 8.70. The van der Waals surface area contributed by atoms with Crippen LogP contribution in [-0.4, -0.2) is 53.1 Å². The molecule has 1 N–H and O–H groups in total. The topological polar surface area (TPSA) is 57.3 Å². The molecule has 0 radical (unpaired) electrons. The Hall–Kier alpha value is -2.60. The molecule has 1 spiro atoms. The molecule has 1 aromatic carbocycles. The van der Waals surface area contributed by atoms with Crippen molar-refractivity contribution in [3.05, 3.63) is 47.8 Å². The Balaban J connectivity index is 1.31. The third-order valence-corrected chi connectivity index (χ3v) is 6.56. The predicted octanol–water partition coefficient (Wildman–Crippen LogP) is 3.77. The number of methoxy groups -OCH3 is 1. The third kappa shape index (κ3) is 3.57. The normalized spacial score (nSPS) is 22.6. The number of hydrogen-bond donors (Lipinski definition) is 1. The van der Waals surface area contributed by atoms with Gasteiger partial charge in [-0.1, -0.05) is 18.2 Å². The lowest BCUT2D eigenvalue weighted by Gasteiger charge is -2.40. The molecule has 5 rings (SSSR count). The summed E-state index contributed by atoms with van der Waals surface area (Å²) in [5, 5.41) is 1.35. The van der Waals surface area contributed by atoms with Gasteiger partial charge in [0.05, 0.1) is 7.11 Å². The van der Waals surface area contributed by atoms with Crippen LogP contribution in [-0.2, 0) is 6.54 Å². The van der Waals surface area contributed by atoms with Crippen LogP contribution in [0, 0.1) is 12.3 Å². The van der Waals surface area contributed by atoms with Crippen LogP contribution in [0.25, 0.3) is 10.9 Å². The first-order chi connectivity index (χ1) is 14.1. The number of ether oxygens (including phenoxy) is 1. The van der Waals surface area contributed by atoms with Crippen molar-refractivity contribution in [1.82, 2.24) is 19.9 Å². The van der Waals surface area contributed by atoms with Gasteiger partial charge < -0.3 is 14.6 Å². The number of nitrogens with one attached hydrogen (secondary N) is 1. The standard InChI is InChI=1S/C23H29N5O/c1-17-12-21(29-2)26-22(25-17)28-11-9-23(16-28)8-5-10-27(15-23)14-18-13-24-20-7-4-3-6-19(18)20/h3-4,6-7,12-13,24H,5,8-11,14-16H2,1-2H3/t23-/m0/s1. The summed E-state index contributed by atoms with van der Waals surface area (Å²) in [6.45, 7) is 7.39. The molecular weight excluding hydrogens is 362 g/mol. The lowest BCUT2D eigenvalue weighted by Crippen LogP contribution is -2.44. The second-order valence-electron chi connectivity index (χ2n) is 8.70. The zero-order valence-corrected chi connectivity index (χ0v) is 17.3. The Kier molecular flexibility index (Phi) is 4.66. The molecule has 0 unspecified atom stereocenters. The summed E-state index contributed by atoms with van der Waals surface area (Å²) in [5.41, 5.74) is 3.92. The van der Waals surface area contributed by atoms with Crippen molar-refractivity contribution in [2.75, 3.05) is 38.2 Å². The van der Waals surface area contributed by atoms with Gasteiger partial charge in [0.15, 0.2) is 0 Å². The molecule has 4 heterocycles. The van der Waals surface area contributed by atoms with Gasteiger partial charge in [-0.3, -0.25) is 4.90 Å². The minimum Gasteiger partial charge on any atom is -0.481 e. The number of nitrogens with zero attached hydrogens (tertiary/aromatic N) is 4. The van der Waals surface area contributed by atoms with Crippen molar-refractivity contribution in [2.24, 2.45) is 5.41 Å². The first kappa shape index (κ1) is 18.4. The van der Waals surface area contributed by atoms with E-state index in [0.717, 1.165) is 37.8 Å². The summed E-state index contributed by atoms with van der Waals surface area (Å²) in [6, 6.07) is 10.5. The van der Waals surface area contributed by atoms with Gasteiger partial charge in [-0.05, 0) is 44.4 Å². The van der Waals surface area contributed by atoms with E-state index >= 15 is 0 Å². The summed E-state index contributed by atoms with van der Waals surface area (Å²) in [6.07, 6.45) is 5.93. The summed E-state index contributed by atoms with van der Waals surface area (Å²) in [4.78, 5) is 17.7. The van der Waals surface area contributed by atoms with Gasteiger partial charge in [0.2, 0.25) is 11.8 Å². The Morgan fingerprint density at radius 2 is 2.03 bits per heavy atom. The molecular formula is C23H29N5O. The second kappa shape index (κ2) is 7.34. The number of para-hydroxylation sites is 1. The molecule has 2 fully saturated rings.